The van der Waals surface area contributed by atoms with Crippen LogP contribution in [0.5, 0.6) is 0 Å². The normalized spacial score (nSPS) is 14.5. The Bertz CT molecular complexity index is 1290. The van der Waals surface area contributed by atoms with Crippen molar-refractivity contribution >= 4 is 45.5 Å². The van der Waals surface area contributed by atoms with Gasteiger partial charge in [0.1, 0.15) is 0 Å². The molecule has 0 aliphatic carbocycles. The third-order valence-electron chi connectivity index (χ3n) is 6.36. The molecule has 1 heterocycles. The van der Waals surface area contributed by atoms with Gasteiger partial charge in [-0.2, -0.15) is 0 Å². The Hall–Kier alpha value is -4.18. The molecule has 0 unspecified atom stereocenters. The lowest BCUT2D eigenvalue weighted by molar-refractivity contribution is -0.133. The van der Waals surface area contributed by atoms with E-state index in [4.69, 9.17) is 0 Å². The Kier molecular flexibility index (Phi) is 6.21. The number of amides is 2. The lowest BCUT2D eigenvalue weighted by atomic mass is 10.0. The van der Waals surface area contributed by atoms with E-state index in [9.17, 15) is 9.59 Å². The maximum Gasteiger partial charge on any atom is 0.246 e. The number of hydrogen-bond donors (Lipinski definition) is 0. The second kappa shape index (κ2) is 9.75. The Morgan fingerprint density at radius 3 is 1.35 bits per heavy atom. The highest BCUT2D eigenvalue weighted by Gasteiger charge is 2.21. The van der Waals surface area contributed by atoms with Gasteiger partial charge < -0.3 is 9.80 Å². The molecule has 0 bridgehead atoms. The van der Waals surface area contributed by atoms with Crippen LogP contribution in [0.3, 0.4) is 0 Å². The van der Waals surface area contributed by atoms with Crippen LogP contribution in [-0.4, -0.2) is 47.8 Å². The van der Waals surface area contributed by atoms with Crippen LogP contribution in [0.15, 0.2) is 97.1 Å². The van der Waals surface area contributed by atoms with E-state index in [1.54, 1.807) is 22.0 Å². The predicted molar refractivity (Wildman–Crippen MR) is 139 cm³/mol. The van der Waals surface area contributed by atoms with Crippen molar-refractivity contribution in [2.24, 2.45) is 0 Å². The van der Waals surface area contributed by atoms with E-state index in [0.717, 1.165) is 32.7 Å². The molecule has 0 N–H and O–H groups in total. The smallest absolute Gasteiger partial charge is 0.246 e. The predicted octanol–water partition coefficient (Wildman–Crippen LogP) is 5.39. The van der Waals surface area contributed by atoms with Crippen LogP contribution >= 0.6 is 0 Å². The first kappa shape index (κ1) is 21.7. The first-order chi connectivity index (χ1) is 16.7. The fourth-order valence-electron chi connectivity index (χ4n) is 4.47. The summed E-state index contributed by atoms with van der Waals surface area (Å²) in [5.41, 5.74) is 2.05. The van der Waals surface area contributed by atoms with Crippen molar-refractivity contribution < 1.29 is 9.59 Å². The SMILES string of the molecule is O=C(C=Cc1cccc2ccccc12)N1CCN(C(=O)C=Cc2cccc3ccccc23)CC1. The molecule has 168 valence electrons. The summed E-state index contributed by atoms with van der Waals surface area (Å²) in [5, 5.41) is 4.56. The van der Waals surface area contributed by atoms with Crippen LogP contribution in [0.4, 0.5) is 0 Å². The van der Waals surface area contributed by atoms with Gasteiger partial charge in [0.15, 0.2) is 0 Å². The fraction of sp³-hybridized carbons (Fsp3) is 0.133. The van der Waals surface area contributed by atoms with E-state index in [2.05, 4.69) is 36.4 Å². The Morgan fingerprint density at radius 1 is 0.529 bits per heavy atom. The van der Waals surface area contributed by atoms with Crippen LogP contribution < -0.4 is 0 Å². The van der Waals surface area contributed by atoms with Gasteiger partial charge >= 0.3 is 0 Å². The van der Waals surface area contributed by atoms with Crippen LogP contribution in [-0.2, 0) is 9.59 Å². The number of hydrogen-bond acceptors (Lipinski definition) is 2. The van der Waals surface area contributed by atoms with Gasteiger partial charge in [0.25, 0.3) is 0 Å². The van der Waals surface area contributed by atoms with Crippen LogP contribution in [0, 0.1) is 0 Å². The van der Waals surface area contributed by atoms with Crippen LogP contribution in [0.1, 0.15) is 11.1 Å². The average molecular weight is 447 g/mol. The molecular formula is C30H26N2O2. The molecule has 0 radical (unpaired) electrons. The molecule has 5 rings (SSSR count). The second-order valence-corrected chi connectivity index (χ2v) is 8.45. The van der Waals surface area contributed by atoms with Gasteiger partial charge in [-0.25, -0.2) is 0 Å². The molecule has 1 aliphatic heterocycles. The van der Waals surface area contributed by atoms with Gasteiger partial charge in [-0.05, 0) is 44.8 Å². The monoisotopic (exact) mass is 446 g/mol. The molecule has 4 nitrogen and oxygen atoms in total. The Morgan fingerprint density at radius 2 is 0.912 bits per heavy atom. The molecule has 1 fully saturated rings. The topological polar surface area (TPSA) is 40.6 Å². The van der Waals surface area contributed by atoms with E-state index in [-0.39, 0.29) is 11.8 Å². The fourth-order valence-corrected chi connectivity index (χ4v) is 4.47. The molecule has 0 spiro atoms. The highest BCUT2D eigenvalue weighted by molar-refractivity contribution is 5.98. The van der Waals surface area contributed by atoms with Crippen molar-refractivity contribution in [3.8, 4) is 0 Å². The highest BCUT2D eigenvalue weighted by Crippen LogP contribution is 2.21. The summed E-state index contributed by atoms with van der Waals surface area (Å²) >= 11 is 0. The molecule has 34 heavy (non-hydrogen) atoms. The van der Waals surface area contributed by atoms with Crippen molar-refractivity contribution in [3.05, 3.63) is 108 Å². The number of carbonyl (C=O) groups is 2. The zero-order valence-corrected chi connectivity index (χ0v) is 18.9. The molecule has 4 heteroatoms. The van der Waals surface area contributed by atoms with Crippen molar-refractivity contribution in [2.45, 2.75) is 0 Å². The summed E-state index contributed by atoms with van der Waals surface area (Å²) in [6, 6.07) is 28.5. The minimum absolute atomic E-state index is 0.0219. The van der Waals surface area contributed by atoms with Gasteiger partial charge in [-0.3, -0.25) is 9.59 Å². The molecular weight excluding hydrogens is 420 g/mol. The quantitative estimate of drug-likeness (QED) is 0.394. The summed E-state index contributed by atoms with van der Waals surface area (Å²) < 4.78 is 0. The molecule has 0 saturated carbocycles. The summed E-state index contributed by atoms with van der Waals surface area (Å²) in [5.74, 6) is -0.0438. The molecule has 2 amide bonds. The number of piperazine rings is 1. The number of benzene rings is 4. The van der Waals surface area contributed by atoms with Crippen molar-refractivity contribution in [3.63, 3.8) is 0 Å². The maximum atomic E-state index is 12.7. The van der Waals surface area contributed by atoms with Crippen molar-refractivity contribution in [1.29, 1.82) is 0 Å². The van der Waals surface area contributed by atoms with Crippen LogP contribution in [0.25, 0.3) is 33.7 Å². The van der Waals surface area contributed by atoms with Gasteiger partial charge in [-0.1, -0.05) is 84.9 Å². The minimum Gasteiger partial charge on any atom is -0.336 e. The van der Waals surface area contributed by atoms with E-state index in [0.29, 0.717) is 26.2 Å². The lowest BCUT2D eigenvalue weighted by Crippen LogP contribution is -2.49. The summed E-state index contributed by atoms with van der Waals surface area (Å²) in [6.45, 7) is 2.14. The first-order valence-corrected chi connectivity index (χ1v) is 11.6. The zero-order valence-electron chi connectivity index (χ0n) is 18.9. The summed E-state index contributed by atoms with van der Waals surface area (Å²) in [7, 11) is 0. The summed E-state index contributed by atoms with van der Waals surface area (Å²) in [4.78, 5) is 29.1. The largest absolute Gasteiger partial charge is 0.336 e. The first-order valence-electron chi connectivity index (χ1n) is 11.6. The maximum absolute atomic E-state index is 12.7. The minimum atomic E-state index is -0.0219. The van der Waals surface area contributed by atoms with Gasteiger partial charge in [0.2, 0.25) is 11.8 Å². The molecule has 0 aromatic heterocycles. The Labute approximate surface area is 199 Å². The number of carbonyl (C=O) groups excluding carboxylic acids is 2. The molecule has 0 atom stereocenters. The molecule has 1 saturated heterocycles. The van der Waals surface area contributed by atoms with Crippen molar-refractivity contribution in [1.82, 2.24) is 9.80 Å². The van der Waals surface area contributed by atoms with E-state index < -0.39 is 0 Å². The van der Waals surface area contributed by atoms with Gasteiger partial charge in [-0.15, -0.1) is 0 Å². The number of fused-ring (bicyclic) bond motifs is 2. The zero-order chi connectivity index (χ0) is 23.3. The van der Waals surface area contributed by atoms with Crippen molar-refractivity contribution in [2.75, 3.05) is 26.2 Å². The summed E-state index contributed by atoms with van der Waals surface area (Å²) in [6.07, 6.45) is 7.05. The standard InChI is InChI=1S/C30H26N2O2/c33-29(17-15-25-11-5-9-23-7-1-3-13-27(23)25)31-19-21-32(22-20-31)30(34)18-16-26-12-6-10-24-8-2-4-14-28(24)26/h1-18H,19-22H2. The molecule has 4 aromatic rings. The molecule has 4 aromatic carbocycles. The van der Waals surface area contributed by atoms with E-state index in [1.807, 2.05) is 60.7 Å². The highest BCUT2D eigenvalue weighted by atomic mass is 16.2. The number of rotatable bonds is 4. The van der Waals surface area contributed by atoms with Gasteiger partial charge in [0.05, 0.1) is 0 Å². The van der Waals surface area contributed by atoms with Crippen LogP contribution in [0.2, 0.25) is 0 Å². The van der Waals surface area contributed by atoms with E-state index in [1.165, 1.54) is 0 Å². The number of nitrogens with zero attached hydrogens (tertiary/aromatic N) is 2. The van der Waals surface area contributed by atoms with Gasteiger partial charge in [0, 0.05) is 38.3 Å². The third kappa shape index (κ3) is 4.62. The van der Waals surface area contributed by atoms with E-state index >= 15 is 0 Å². The average Bonchev–Trinajstić information content (AvgIpc) is 2.90. The lowest BCUT2D eigenvalue weighted by Gasteiger charge is -2.33. The second-order valence-electron chi connectivity index (χ2n) is 8.45. The Balaban J connectivity index is 1.19. The third-order valence-corrected chi connectivity index (χ3v) is 6.36. The molecule has 1 aliphatic rings.